The molecule has 1 spiro atoms. The Morgan fingerprint density at radius 2 is 1.69 bits per heavy atom. The molecular weight excluding hydrogens is 497 g/mol. The van der Waals surface area contributed by atoms with Crippen LogP contribution in [0.1, 0.15) is 50.2 Å². The number of rotatable bonds is 6. The Kier molecular flexibility index (Phi) is 6.33. The highest BCUT2D eigenvalue weighted by Crippen LogP contribution is 2.60. The Balaban J connectivity index is 1.35. The van der Waals surface area contributed by atoms with Crippen LogP contribution in [0.25, 0.3) is 0 Å². The van der Waals surface area contributed by atoms with E-state index >= 15 is 0 Å². The topological polar surface area (TPSA) is 87.7 Å². The van der Waals surface area contributed by atoms with Crippen LogP contribution in [0.2, 0.25) is 0 Å². The van der Waals surface area contributed by atoms with Crippen molar-refractivity contribution in [2.75, 3.05) is 5.32 Å². The van der Waals surface area contributed by atoms with Gasteiger partial charge >= 0.3 is 0 Å². The molecule has 3 fully saturated rings. The molecule has 4 aliphatic rings. The second-order valence-electron chi connectivity index (χ2n) is 11.6. The van der Waals surface area contributed by atoms with Crippen LogP contribution in [-0.2, 0) is 25.7 Å². The van der Waals surface area contributed by atoms with Crippen molar-refractivity contribution in [3.05, 3.63) is 77.6 Å². The lowest BCUT2D eigenvalue weighted by molar-refractivity contribution is -0.145. The Bertz CT molecular complexity index is 1320. The number of aryl methyl sites for hydroxylation is 1. The van der Waals surface area contributed by atoms with E-state index < -0.39 is 40.8 Å². The van der Waals surface area contributed by atoms with Crippen LogP contribution >= 0.6 is 0 Å². The molecule has 204 valence electrons. The number of hydrogen-bond acceptors (Lipinski definition) is 4. The number of carbonyl (C=O) groups is 3. The average Bonchev–Trinajstić information content (AvgIpc) is 3.48. The lowest BCUT2D eigenvalue weighted by Gasteiger charge is -2.34. The van der Waals surface area contributed by atoms with Crippen molar-refractivity contribution < 1.29 is 23.5 Å². The largest absolute Gasteiger partial charge is 0.356 e. The zero-order valence-electron chi connectivity index (χ0n) is 22.3. The Morgan fingerprint density at radius 1 is 1.00 bits per heavy atom. The highest BCUT2D eigenvalue weighted by Gasteiger charge is 2.76. The van der Waals surface area contributed by atoms with E-state index in [0.29, 0.717) is 5.69 Å². The van der Waals surface area contributed by atoms with E-state index in [1.54, 1.807) is 11.8 Å². The molecule has 6 rings (SSSR count). The van der Waals surface area contributed by atoms with Gasteiger partial charge in [0.2, 0.25) is 17.7 Å². The third kappa shape index (κ3) is 4.35. The highest BCUT2D eigenvalue weighted by molar-refractivity contribution is 6.03. The first-order valence-electron chi connectivity index (χ1n) is 13.8. The summed E-state index contributed by atoms with van der Waals surface area (Å²) in [5, 5.41) is 6.06. The summed E-state index contributed by atoms with van der Waals surface area (Å²) in [4.78, 5) is 43.5. The van der Waals surface area contributed by atoms with E-state index in [1.807, 2.05) is 43.3 Å². The van der Waals surface area contributed by atoms with Crippen LogP contribution in [-0.4, -0.2) is 45.9 Å². The van der Waals surface area contributed by atoms with Gasteiger partial charge in [-0.25, -0.2) is 4.39 Å². The van der Waals surface area contributed by atoms with Crippen LogP contribution < -0.4 is 10.6 Å². The summed E-state index contributed by atoms with van der Waals surface area (Å²) in [6.07, 6.45) is 8.77. The Labute approximate surface area is 227 Å². The lowest BCUT2D eigenvalue weighted by atomic mass is 9.70. The second-order valence-corrected chi connectivity index (χ2v) is 11.6. The third-order valence-electron chi connectivity index (χ3n) is 8.86. The third-order valence-corrected chi connectivity index (χ3v) is 8.86. The van der Waals surface area contributed by atoms with Crippen molar-refractivity contribution in [2.45, 2.75) is 75.8 Å². The summed E-state index contributed by atoms with van der Waals surface area (Å²) in [6, 6.07) is 12.5. The number of anilines is 1. The molecule has 2 N–H and O–H groups in total. The van der Waals surface area contributed by atoms with Gasteiger partial charge in [0.1, 0.15) is 17.5 Å². The van der Waals surface area contributed by atoms with Gasteiger partial charge in [0.25, 0.3) is 0 Å². The van der Waals surface area contributed by atoms with Gasteiger partial charge in [-0.15, -0.1) is 0 Å². The maximum atomic E-state index is 14.2. The van der Waals surface area contributed by atoms with E-state index in [0.717, 1.165) is 43.2 Å². The van der Waals surface area contributed by atoms with Crippen LogP contribution in [0.5, 0.6) is 0 Å². The SMILES string of the molecule is Cc1ccc(CN2C(=O)[C@H]3C(C(=O)Nc4ccc(F)cc4)[C@@]4(C)C=CC3(O4)C2C(=O)NC2CCCCC2)cc1. The fraction of sp³-hybridized carbons (Fsp3) is 0.452. The van der Waals surface area contributed by atoms with E-state index in [-0.39, 0.29) is 24.4 Å². The number of likely N-dealkylation sites (tertiary alicyclic amines) is 1. The number of ether oxygens (including phenoxy) is 1. The molecule has 3 aliphatic heterocycles. The minimum absolute atomic E-state index is 0.0637. The zero-order valence-corrected chi connectivity index (χ0v) is 22.3. The quantitative estimate of drug-likeness (QED) is 0.546. The Hall–Kier alpha value is -3.52. The number of hydrogen-bond donors (Lipinski definition) is 2. The van der Waals surface area contributed by atoms with E-state index in [2.05, 4.69) is 10.6 Å². The van der Waals surface area contributed by atoms with Crippen LogP contribution in [0.4, 0.5) is 10.1 Å². The first kappa shape index (κ1) is 25.7. The van der Waals surface area contributed by atoms with Gasteiger partial charge in [-0.05, 0) is 56.5 Å². The zero-order chi connectivity index (χ0) is 27.4. The molecule has 2 bridgehead atoms. The van der Waals surface area contributed by atoms with Gasteiger partial charge in [0.05, 0.1) is 17.4 Å². The summed E-state index contributed by atoms with van der Waals surface area (Å²) < 4.78 is 20.0. The fourth-order valence-corrected chi connectivity index (χ4v) is 6.97. The van der Waals surface area contributed by atoms with E-state index in [1.165, 1.54) is 24.3 Å². The second kappa shape index (κ2) is 9.59. The normalized spacial score (nSPS) is 31.4. The molecule has 3 amide bonds. The number of fused-ring (bicyclic) bond motifs is 1. The van der Waals surface area contributed by atoms with Crippen molar-refractivity contribution in [1.29, 1.82) is 0 Å². The number of carbonyl (C=O) groups excluding carboxylic acids is 3. The van der Waals surface area contributed by atoms with Crippen molar-refractivity contribution in [1.82, 2.24) is 10.2 Å². The summed E-state index contributed by atoms with van der Waals surface area (Å²) in [6.45, 7) is 4.02. The van der Waals surface area contributed by atoms with Crippen LogP contribution in [0, 0.1) is 24.6 Å². The monoisotopic (exact) mass is 531 g/mol. The lowest BCUT2D eigenvalue weighted by Crippen LogP contribution is -2.56. The molecular formula is C31H34FN3O4. The first-order valence-corrected chi connectivity index (χ1v) is 13.8. The molecule has 0 aromatic heterocycles. The van der Waals surface area contributed by atoms with Crippen LogP contribution in [0.15, 0.2) is 60.7 Å². The predicted octanol–water partition coefficient (Wildman–Crippen LogP) is 4.26. The summed E-state index contributed by atoms with van der Waals surface area (Å²) in [5.74, 6) is -3.02. The molecule has 2 aromatic rings. The van der Waals surface area contributed by atoms with Crippen molar-refractivity contribution in [3.8, 4) is 0 Å². The minimum atomic E-state index is -1.25. The van der Waals surface area contributed by atoms with Gasteiger partial charge < -0.3 is 20.3 Å². The standard InChI is InChI=1S/C31H34FN3O4/c1-19-8-10-20(11-9-19)18-35-26(28(37)34-22-6-4-3-5-7-22)31-17-16-30(2,39-31)24(25(31)29(35)38)27(36)33-23-14-12-21(32)13-15-23/h8-17,22,24-26H,3-7,18H2,1-2H3,(H,33,36)(H,34,37)/t24?,25-,26?,30-,31?/m1/s1. The number of benzene rings is 2. The molecule has 1 saturated carbocycles. The molecule has 2 saturated heterocycles. The first-order chi connectivity index (χ1) is 18.7. The van der Waals surface area contributed by atoms with E-state index in [4.69, 9.17) is 4.74 Å². The summed E-state index contributed by atoms with van der Waals surface area (Å²) >= 11 is 0. The van der Waals surface area contributed by atoms with Crippen molar-refractivity contribution in [3.63, 3.8) is 0 Å². The summed E-state index contributed by atoms with van der Waals surface area (Å²) in [7, 11) is 0. The fourth-order valence-electron chi connectivity index (χ4n) is 6.97. The summed E-state index contributed by atoms with van der Waals surface area (Å²) in [5.41, 5.74) is 0.130. The molecule has 7 nitrogen and oxygen atoms in total. The predicted molar refractivity (Wildman–Crippen MR) is 144 cm³/mol. The maximum absolute atomic E-state index is 14.2. The average molecular weight is 532 g/mol. The molecule has 39 heavy (non-hydrogen) atoms. The molecule has 8 heteroatoms. The Morgan fingerprint density at radius 3 is 2.38 bits per heavy atom. The number of nitrogens with zero attached hydrogens (tertiary/aromatic N) is 1. The molecule has 2 aromatic carbocycles. The molecule has 1 aliphatic carbocycles. The van der Waals surface area contributed by atoms with Gasteiger partial charge in [-0.2, -0.15) is 0 Å². The van der Waals surface area contributed by atoms with Crippen molar-refractivity contribution in [2.24, 2.45) is 11.8 Å². The maximum Gasteiger partial charge on any atom is 0.246 e. The van der Waals surface area contributed by atoms with Gasteiger partial charge in [0.15, 0.2) is 0 Å². The van der Waals surface area contributed by atoms with Gasteiger partial charge in [0, 0.05) is 18.3 Å². The number of amides is 3. The smallest absolute Gasteiger partial charge is 0.246 e. The minimum Gasteiger partial charge on any atom is -0.356 e. The molecule has 3 unspecified atom stereocenters. The molecule has 3 heterocycles. The molecule has 5 atom stereocenters. The highest BCUT2D eigenvalue weighted by atomic mass is 19.1. The number of halogens is 1. The van der Waals surface area contributed by atoms with Crippen LogP contribution in [0.3, 0.4) is 0 Å². The van der Waals surface area contributed by atoms with Gasteiger partial charge in [-0.1, -0.05) is 61.2 Å². The molecule has 0 radical (unpaired) electrons. The van der Waals surface area contributed by atoms with E-state index in [9.17, 15) is 18.8 Å². The number of nitrogens with one attached hydrogen (secondary N) is 2. The van der Waals surface area contributed by atoms with Gasteiger partial charge in [-0.3, -0.25) is 14.4 Å². The van der Waals surface area contributed by atoms with Crippen molar-refractivity contribution >= 4 is 23.4 Å².